The quantitative estimate of drug-likeness (QED) is 0.809. The molecule has 0 saturated heterocycles. The van der Waals surface area contributed by atoms with Crippen LogP contribution in [0.1, 0.15) is 30.6 Å². The summed E-state index contributed by atoms with van der Waals surface area (Å²) in [5, 5.41) is 11.6. The normalized spacial score (nSPS) is 12.2. The van der Waals surface area contributed by atoms with Gasteiger partial charge in [0.05, 0.1) is 5.92 Å². The zero-order valence-corrected chi connectivity index (χ0v) is 11.9. The fraction of sp³-hybridized carbons (Fsp3) is 0.500. The van der Waals surface area contributed by atoms with Gasteiger partial charge in [0.1, 0.15) is 0 Å². The number of carbonyl (C=O) groups is 2. The highest BCUT2D eigenvalue weighted by atomic mass is 16.4. The predicted molar refractivity (Wildman–Crippen MR) is 74.6 cm³/mol. The van der Waals surface area contributed by atoms with Gasteiger partial charge < -0.3 is 15.0 Å². The van der Waals surface area contributed by atoms with E-state index < -0.39 is 17.8 Å². The van der Waals surface area contributed by atoms with Crippen LogP contribution < -0.4 is 10.9 Å². The highest BCUT2D eigenvalue weighted by Gasteiger charge is 2.20. The van der Waals surface area contributed by atoms with Gasteiger partial charge >= 0.3 is 5.97 Å². The standard InChI is InChI=1S/C14H20N2O4/c1-9(2)6-11(14(19)20)8-15-13(18)10-4-5-16(3)12(17)7-10/h4-5,7,9,11H,6,8H2,1-3H3,(H,15,18)(H,19,20). The van der Waals surface area contributed by atoms with Crippen LogP contribution in [0.15, 0.2) is 23.1 Å². The molecule has 0 radical (unpaired) electrons. The molecule has 0 bridgehead atoms. The number of carbonyl (C=O) groups excluding carboxylic acids is 1. The smallest absolute Gasteiger partial charge is 0.308 e. The molecule has 110 valence electrons. The fourth-order valence-corrected chi connectivity index (χ4v) is 1.85. The molecule has 6 nitrogen and oxygen atoms in total. The number of hydrogen-bond acceptors (Lipinski definition) is 3. The Morgan fingerprint density at radius 2 is 2.05 bits per heavy atom. The maximum Gasteiger partial charge on any atom is 0.308 e. The number of rotatable bonds is 6. The summed E-state index contributed by atoms with van der Waals surface area (Å²) >= 11 is 0. The summed E-state index contributed by atoms with van der Waals surface area (Å²) < 4.78 is 1.36. The van der Waals surface area contributed by atoms with E-state index in [1.165, 1.54) is 22.9 Å². The van der Waals surface area contributed by atoms with Crippen molar-refractivity contribution in [3.63, 3.8) is 0 Å². The van der Waals surface area contributed by atoms with Crippen molar-refractivity contribution in [1.82, 2.24) is 9.88 Å². The molecule has 1 heterocycles. The third-order valence-electron chi connectivity index (χ3n) is 2.98. The molecule has 0 fully saturated rings. The zero-order chi connectivity index (χ0) is 15.3. The number of carboxylic acid groups (broad SMARTS) is 1. The lowest BCUT2D eigenvalue weighted by Gasteiger charge is -2.15. The molecule has 1 amide bonds. The number of aromatic nitrogens is 1. The molecule has 2 N–H and O–H groups in total. The first-order valence-electron chi connectivity index (χ1n) is 6.49. The summed E-state index contributed by atoms with van der Waals surface area (Å²) in [6, 6.07) is 2.75. The van der Waals surface area contributed by atoms with Crippen molar-refractivity contribution in [2.75, 3.05) is 6.54 Å². The summed E-state index contributed by atoms with van der Waals surface area (Å²) in [7, 11) is 1.59. The number of nitrogens with zero attached hydrogens (tertiary/aromatic N) is 1. The van der Waals surface area contributed by atoms with Crippen LogP contribution >= 0.6 is 0 Å². The molecule has 0 aromatic carbocycles. The number of pyridine rings is 1. The fourth-order valence-electron chi connectivity index (χ4n) is 1.85. The summed E-state index contributed by atoms with van der Waals surface area (Å²) in [5.41, 5.74) is -0.0450. The number of aliphatic carboxylic acids is 1. The summed E-state index contributed by atoms with van der Waals surface area (Å²) in [4.78, 5) is 34.4. The van der Waals surface area contributed by atoms with Gasteiger partial charge in [-0.25, -0.2) is 0 Å². The molecular weight excluding hydrogens is 260 g/mol. The second-order valence-electron chi connectivity index (χ2n) is 5.24. The average Bonchev–Trinajstić information content (AvgIpc) is 2.36. The Labute approximate surface area is 117 Å². The lowest BCUT2D eigenvalue weighted by molar-refractivity contribution is -0.142. The monoisotopic (exact) mass is 280 g/mol. The van der Waals surface area contributed by atoms with E-state index in [1.54, 1.807) is 7.05 Å². The van der Waals surface area contributed by atoms with Crippen LogP contribution in [0, 0.1) is 11.8 Å². The van der Waals surface area contributed by atoms with E-state index in [4.69, 9.17) is 5.11 Å². The molecule has 0 aliphatic rings. The first-order valence-corrected chi connectivity index (χ1v) is 6.49. The van der Waals surface area contributed by atoms with Crippen molar-refractivity contribution < 1.29 is 14.7 Å². The van der Waals surface area contributed by atoms with E-state index in [2.05, 4.69) is 5.32 Å². The molecule has 0 aliphatic carbocycles. The Morgan fingerprint density at radius 3 is 2.55 bits per heavy atom. The molecule has 0 saturated carbocycles. The van der Waals surface area contributed by atoms with Crippen LogP contribution in [-0.4, -0.2) is 28.1 Å². The first-order chi connectivity index (χ1) is 9.31. The topological polar surface area (TPSA) is 88.4 Å². The van der Waals surface area contributed by atoms with E-state index in [1.807, 2.05) is 13.8 Å². The van der Waals surface area contributed by atoms with Crippen LogP contribution in [0.3, 0.4) is 0 Å². The molecule has 1 rings (SSSR count). The second kappa shape index (κ2) is 6.88. The SMILES string of the molecule is CC(C)CC(CNC(=O)c1ccn(C)c(=O)c1)C(=O)O. The molecule has 0 aliphatic heterocycles. The Morgan fingerprint density at radius 1 is 1.40 bits per heavy atom. The zero-order valence-electron chi connectivity index (χ0n) is 11.9. The van der Waals surface area contributed by atoms with Gasteiger partial charge in [-0.15, -0.1) is 0 Å². The molecule has 0 spiro atoms. The number of carboxylic acids is 1. The maximum absolute atomic E-state index is 11.9. The van der Waals surface area contributed by atoms with Gasteiger partial charge in [0.15, 0.2) is 0 Å². The lowest BCUT2D eigenvalue weighted by atomic mass is 9.97. The largest absolute Gasteiger partial charge is 0.481 e. The Balaban J connectivity index is 2.67. The van der Waals surface area contributed by atoms with Crippen LogP contribution in [0.4, 0.5) is 0 Å². The minimum atomic E-state index is -0.928. The third kappa shape index (κ3) is 4.53. The average molecular weight is 280 g/mol. The highest BCUT2D eigenvalue weighted by Crippen LogP contribution is 2.11. The number of amides is 1. The Kier molecular flexibility index (Phi) is 5.49. The minimum Gasteiger partial charge on any atom is -0.481 e. The molecule has 1 unspecified atom stereocenters. The van der Waals surface area contributed by atoms with Crippen molar-refractivity contribution in [3.05, 3.63) is 34.2 Å². The molecule has 20 heavy (non-hydrogen) atoms. The van der Waals surface area contributed by atoms with Gasteiger partial charge in [0.25, 0.3) is 11.5 Å². The van der Waals surface area contributed by atoms with Crippen molar-refractivity contribution in [2.24, 2.45) is 18.9 Å². The Hall–Kier alpha value is -2.11. The maximum atomic E-state index is 11.9. The van der Waals surface area contributed by atoms with Crippen molar-refractivity contribution in [1.29, 1.82) is 0 Å². The van der Waals surface area contributed by atoms with Crippen LogP contribution in [-0.2, 0) is 11.8 Å². The van der Waals surface area contributed by atoms with E-state index in [9.17, 15) is 14.4 Å². The molecule has 1 aromatic heterocycles. The molecular formula is C14H20N2O4. The van der Waals surface area contributed by atoms with E-state index >= 15 is 0 Å². The van der Waals surface area contributed by atoms with Gasteiger partial charge in [-0.05, 0) is 18.4 Å². The van der Waals surface area contributed by atoms with Crippen LogP contribution in [0.5, 0.6) is 0 Å². The Bertz CT molecular complexity index is 548. The minimum absolute atomic E-state index is 0.0571. The lowest BCUT2D eigenvalue weighted by Crippen LogP contribution is -2.34. The van der Waals surface area contributed by atoms with E-state index in [0.717, 1.165) is 0 Å². The van der Waals surface area contributed by atoms with Crippen molar-refractivity contribution >= 4 is 11.9 Å². The summed E-state index contributed by atoms with van der Waals surface area (Å²) in [6.45, 7) is 3.92. The van der Waals surface area contributed by atoms with Gasteiger partial charge in [0.2, 0.25) is 0 Å². The van der Waals surface area contributed by atoms with E-state index in [-0.39, 0.29) is 23.6 Å². The van der Waals surface area contributed by atoms with Gasteiger partial charge in [-0.1, -0.05) is 13.8 Å². The number of aryl methyl sites for hydroxylation is 1. The molecule has 1 aromatic rings. The van der Waals surface area contributed by atoms with Gasteiger partial charge in [0, 0.05) is 31.4 Å². The predicted octanol–water partition coefficient (Wildman–Crippen LogP) is 0.862. The van der Waals surface area contributed by atoms with Crippen LogP contribution in [0.2, 0.25) is 0 Å². The van der Waals surface area contributed by atoms with Gasteiger partial charge in [-0.2, -0.15) is 0 Å². The van der Waals surface area contributed by atoms with Crippen molar-refractivity contribution in [2.45, 2.75) is 20.3 Å². The number of nitrogens with one attached hydrogen (secondary N) is 1. The second-order valence-corrected chi connectivity index (χ2v) is 5.24. The first kappa shape index (κ1) is 15.9. The molecule has 6 heteroatoms. The highest BCUT2D eigenvalue weighted by molar-refractivity contribution is 5.94. The summed E-state index contributed by atoms with van der Waals surface area (Å²) in [6.07, 6.45) is 1.99. The van der Waals surface area contributed by atoms with E-state index in [0.29, 0.717) is 6.42 Å². The van der Waals surface area contributed by atoms with Crippen molar-refractivity contribution in [3.8, 4) is 0 Å². The van der Waals surface area contributed by atoms with Gasteiger partial charge in [-0.3, -0.25) is 14.4 Å². The number of hydrogen-bond donors (Lipinski definition) is 2. The summed E-state index contributed by atoms with van der Waals surface area (Å²) in [5.74, 6) is -1.75. The molecule has 1 atom stereocenters. The third-order valence-corrected chi connectivity index (χ3v) is 2.98. The van der Waals surface area contributed by atoms with Crippen LogP contribution in [0.25, 0.3) is 0 Å².